The van der Waals surface area contributed by atoms with Gasteiger partial charge >= 0.3 is 5.97 Å². The Hall–Kier alpha value is -5.26. The molecule has 0 bridgehead atoms. The van der Waals surface area contributed by atoms with E-state index in [1.807, 2.05) is 0 Å². The number of imidazole rings is 1. The lowest BCUT2D eigenvalue weighted by Gasteiger charge is -2.24. The second kappa shape index (κ2) is 12.9. The molecule has 6 rings (SSSR count). The summed E-state index contributed by atoms with van der Waals surface area (Å²) < 4.78 is 67.1. The maximum atomic E-state index is 15.6. The Morgan fingerprint density at radius 1 is 0.957 bits per heavy atom. The van der Waals surface area contributed by atoms with Gasteiger partial charge in [-0.15, -0.1) is 0 Å². The van der Waals surface area contributed by atoms with E-state index in [4.69, 9.17) is 4.74 Å². The molecule has 0 aliphatic carbocycles. The number of halogens is 4. The van der Waals surface area contributed by atoms with E-state index in [1.54, 1.807) is 29.7 Å². The highest BCUT2D eigenvalue weighted by atomic mass is 19.1. The third-order valence-electron chi connectivity index (χ3n) is 8.30. The number of rotatable bonds is 9. The van der Waals surface area contributed by atoms with Gasteiger partial charge < -0.3 is 19.3 Å². The van der Waals surface area contributed by atoms with Crippen LogP contribution in [-0.2, 0) is 24.4 Å². The number of fused-ring (bicyclic) bond motifs is 1. The fraction of sp³-hybridized carbons (Fsp3) is 0.257. The summed E-state index contributed by atoms with van der Waals surface area (Å²) in [5, 5.41) is 9.57. The number of pyridine rings is 1. The number of aromatic carboxylic acids is 1. The topological polar surface area (TPSA) is 97.5 Å². The predicted molar refractivity (Wildman–Crippen MR) is 165 cm³/mol. The standard InChI is InChI=1S/C35H30F4N4O4/c1-19-6-7-22(27(37)10-19)18-47-34-5-3-4-30(41-34)26-15-28(38)23(11-29(26)39)13-33-40-31-9-8-21(35(45)46)12-32(31)43(33)17-25-14-24(36)16-42(25)20(2)44/h3-12,15,24-25H,13-14,16-18H2,1-2H3,(H,45,46)/t24-,25+/m0/s1. The Morgan fingerprint density at radius 3 is 2.49 bits per heavy atom. The van der Waals surface area contributed by atoms with E-state index < -0.39 is 35.6 Å². The van der Waals surface area contributed by atoms with Crippen molar-refractivity contribution in [3.8, 4) is 17.1 Å². The maximum Gasteiger partial charge on any atom is 0.335 e. The highest BCUT2D eigenvalue weighted by molar-refractivity contribution is 5.92. The van der Waals surface area contributed by atoms with Crippen LogP contribution in [0.4, 0.5) is 17.6 Å². The lowest BCUT2D eigenvalue weighted by atomic mass is 10.0. The number of benzene rings is 3. The summed E-state index contributed by atoms with van der Waals surface area (Å²) in [7, 11) is 0. The molecule has 0 unspecified atom stereocenters. The summed E-state index contributed by atoms with van der Waals surface area (Å²) >= 11 is 0. The number of alkyl halides is 1. The van der Waals surface area contributed by atoms with Gasteiger partial charge in [0, 0.05) is 43.5 Å². The molecule has 3 aromatic carbocycles. The number of carboxylic acid groups (broad SMARTS) is 1. The van der Waals surface area contributed by atoms with Crippen molar-refractivity contribution in [2.75, 3.05) is 6.54 Å². The molecule has 1 aliphatic rings. The van der Waals surface area contributed by atoms with Crippen LogP contribution in [-0.4, -0.2) is 55.2 Å². The molecule has 242 valence electrons. The minimum Gasteiger partial charge on any atom is -0.478 e. The molecule has 5 aromatic rings. The van der Waals surface area contributed by atoms with E-state index >= 15 is 8.78 Å². The third kappa shape index (κ3) is 6.67. The van der Waals surface area contributed by atoms with Gasteiger partial charge in [-0.3, -0.25) is 4.79 Å². The second-order valence-corrected chi connectivity index (χ2v) is 11.7. The van der Waals surface area contributed by atoms with Crippen LogP contribution >= 0.6 is 0 Å². The van der Waals surface area contributed by atoms with Crippen LogP contribution in [0.2, 0.25) is 0 Å². The normalized spacial score (nSPS) is 16.2. The fourth-order valence-electron chi connectivity index (χ4n) is 5.93. The molecule has 1 fully saturated rings. The van der Waals surface area contributed by atoms with E-state index in [0.29, 0.717) is 16.6 Å². The van der Waals surface area contributed by atoms with Crippen LogP contribution in [0.3, 0.4) is 0 Å². The molecule has 1 N–H and O–H groups in total. The number of aromatic nitrogens is 3. The zero-order valence-electron chi connectivity index (χ0n) is 25.5. The number of carbonyl (C=O) groups is 2. The molecule has 47 heavy (non-hydrogen) atoms. The number of aryl methyl sites for hydroxylation is 1. The van der Waals surface area contributed by atoms with Gasteiger partial charge in [-0.25, -0.2) is 32.3 Å². The van der Waals surface area contributed by atoms with Crippen LogP contribution in [0.25, 0.3) is 22.3 Å². The molecule has 1 aliphatic heterocycles. The first-order valence-corrected chi connectivity index (χ1v) is 14.9. The van der Waals surface area contributed by atoms with Crippen molar-refractivity contribution >= 4 is 22.9 Å². The molecule has 0 saturated carbocycles. The molecule has 0 radical (unpaired) electrons. The molecule has 8 nitrogen and oxygen atoms in total. The summed E-state index contributed by atoms with van der Waals surface area (Å²) in [6, 6.07) is 15.2. The summed E-state index contributed by atoms with van der Waals surface area (Å²) in [4.78, 5) is 34.2. The number of amides is 1. The summed E-state index contributed by atoms with van der Waals surface area (Å²) in [5.74, 6) is -3.00. The average molecular weight is 647 g/mol. The molecular formula is C35H30F4N4O4. The van der Waals surface area contributed by atoms with E-state index in [2.05, 4.69) is 9.97 Å². The second-order valence-electron chi connectivity index (χ2n) is 11.7. The van der Waals surface area contributed by atoms with E-state index in [0.717, 1.165) is 17.7 Å². The van der Waals surface area contributed by atoms with Crippen molar-refractivity contribution in [2.45, 2.75) is 52.1 Å². The summed E-state index contributed by atoms with van der Waals surface area (Å²) in [6.07, 6.45) is -1.33. The van der Waals surface area contributed by atoms with Crippen molar-refractivity contribution in [3.05, 3.63) is 112 Å². The summed E-state index contributed by atoms with van der Waals surface area (Å²) in [6.45, 7) is 3.03. The molecule has 1 amide bonds. The Bertz CT molecular complexity index is 2010. The van der Waals surface area contributed by atoms with Gasteiger partial charge in [-0.05, 0) is 60.5 Å². The van der Waals surface area contributed by atoms with Gasteiger partial charge in [0.25, 0.3) is 0 Å². The Labute approximate surface area is 267 Å². The zero-order chi connectivity index (χ0) is 33.4. The molecule has 1 saturated heterocycles. The molecule has 0 spiro atoms. The lowest BCUT2D eigenvalue weighted by Crippen LogP contribution is -2.37. The van der Waals surface area contributed by atoms with Crippen LogP contribution in [0.1, 0.15) is 46.2 Å². The van der Waals surface area contributed by atoms with Gasteiger partial charge in [0.05, 0.1) is 34.9 Å². The number of carboxylic acids is 1. The number of hydrogen-bond acceptors (Lipinski definition) is 5. The highest BCUT2D eigenvalue weighted by Crippen LogP contribution is 2.30. The van der Waals surface area contributed by atoms with E-state index in [9.17, 15) is 23.5 Å². The zero-order valence-corrected chi connectivity index (χ0v) is 25.5. The monoisotopic (exact) mass is 646 g/mol. The number of likely N-dealkylation sites (tertiary alicyclic amines) is 1. The van der Waals surface area contributed by atoms with Crippen molar-refractivity contribution in [1.29, 1.82) is 0 Å². The van der Waals surface area contributed by atoms with Gasteiger partial charge in [0.2, 0.25) is 11.8 Å². The van der Waals surface area contributed by atoms with Gasteiger partial charge in [-0.2, -0.15) is 0 Å². The fourth-order valence-corrected chi connectivity index (χ4v) is 5.93. The van der Waals surface area contributed by atoms with Gasteiger partial charge in [0.15, 0.2) is 0 Å². The third-order valence-corrected chi connectivity index (χ3v) is 8.30. The Morgan fingerprint density at radius 2 is 1.74 bits per heavy atom. The smallest absolute Gasteiger partial charge is 0.335 e. The molecule has 12 heteroatoms. The van der Waals surface area contributed by atoms with Crippen LogP contribution < -0.4 is 4.74 Å². The minimum absolute atomic E-state index is 0.00676. The SMILES string of the molecule is CC(=O)N1C[C@@H](F)C[C@@H]1Cn1c(Cc2cc(F)c(-c3cccc(OCc4ccc(C)cc4F)n3)cc2F)nc2ccc(C(=O)O)cc21. The van der Waals surface area contributed by atoms with Crippen molar-refractivity contribution < 1.29 is 37.0 Å². The molecular weight excluding hydrogens is 616 g/mol. The summed E-state index contributed by atoms with van der Waals surface area (Å²) in [5.41, 5.74) is 1.87. The van der Waals surface area contributed by atoms with Crippen LogP contribution in [0, 0.1) is 24.4 Å². The highest BCUT2D eigenvalue weighted by Gasteiger charge is 2.35. The largest absolute Gasteiger partial charge is 0.478 e. The van der Waals surface area contributed by atoms with Crippen molar-refractivity contribution in [3.63, 3.8) is 0 Å². The lowest BCUT2D eigenvalue weighted by molar-refractivity contribution is -0.130. The predicted octanol–water partition coefficient (Wildman–Crippen LogP) is 6.65. The quantitative estimate of drug-likeness (QED) is 0.180. The minimum atomic E-state index is -1.22. The van der Waals surface area contributed by atoms with Gasteiger partial charge in [0.1, 0.15) is 36.1 Å². The number of nitrogens with zero attached hydrogens (tertiary/aromatic N) is 4. The first-order chi connectivity index (χ1) is 22.5. The van der Waals surface area contributed by atoms with Crippen molar-refractivity contribution in [1.82, 2.24) is 19.4 Å². The number of ether oxygens (including phenoxy) is 1. The first kappa shape index (κ1) is 31.7. The van der Waals surface area contributed by atoms with E-state index in [-0.39, 0.29) is 72.5 Å². The number of carbonyl (C=O) groups excluding carboxylic acids is 1. The van der Waals surface area contributed by atoms with Crippen LogP contribution in [0.5, 0.6) is 5.88 Å². The molecule has 2 atom stereocenters. The Balaban J connectivity index is 1.30. The van der Waals surface area contributed by atoms with Crippen molar-refractivity contribution in [2.24, 2.45) is 0 Å². The first-order valence-electron chi connectivity index (χ1n) is 14.9. The molecule has 3 heterocycles. The van der Waals surface area contributed by atoms with Crippen LogP contribution in [0.15, 0.2) is 66.7 Å². The Kier molecular flexibility index (Phi) is 8.67. The molecule has 2 aromatic heterocycles. The number of hydrogen-bond donors (Lipinski definition) is 1. The maximum absolute atomic E-state index is 15.6. The van der Waals surface area contributed by atoms with Gasteiger partial charge in [-0.1, -0.05) is 18.2 Å². The van der Waals surface area contributed by atoms with E-state index in [1.165, 1.54) is 48.2 Å². The average Bonchev–Trinajstić information content (AvgIpc) is 3.57.